The number of carbonyl (C=O) groups is 1. The number of likely N-dealkylation sites (tertiary alicyclic amines) is 1. The van der Waals surface area contributed by atoms with Crippen molar-refractivity contribution in [1.29, 1.82) is 0 Å². The maximum Gasteiger partial charge on any atom is 0.254 e. The Morgan fingerprint density at radius 1 is 0.971 bits per heavy atom. The first-order valence-electron chi connectivity index (χ1n) is 11.7. The third-order valence-corrected chi connectivity index (χ3v) is 6.38. The van der Waals surface area contributed by atoms with Crippen molar-refractivity contribution >= 4 is 17.0 Å². The first kappa shape index (κ1) is 22.8. The average Bonchev–Trinajstić information content (AvgIpc) is 3.36. The number of carbonyl (C=O) groups excluding carboxylic acids is 1. The maximum atomic E-state index is 13.3. The van der Waals surface area contributed by atoms with Gasteiger partial charge in [-0.15, -0.1) is 0 Å². The van der Waals surface area contributed by atoms with Crippen LogP contribution in [0.4, 0.5) is 0 Å². The van der Waals surface area contributed by atoms with Crippen molar-refractivity contribution in [1.82, 2.24) is 9.88 Å². The highest BCUT2D eigenvalue weighted by Crippen LogP contribution is 2.40. The lowest BCUT2D eigenvalue weighted by atomic mass is 9.96. The Kier molecular flexibility index (Phi) is 6.57. The van der Waals surface area contributed by atoms with Crippen LogP contribution in [0.5, 0.6) is 17.2 Å². The summed E-state index contributed by atoms with van der Waals surface area (Å²) in [5.74, 6) is 2.29. The van der Waals surface area contributed by atoms with Gasteiger partial charge >= 0.3 is 0 Å². The summed E-state index contributed by atoms with van der Waals surface area (Å²) >= 11 is 0. The van der Waals surface area contributed by atoms with E-state index < -0.39 is 0 Å². The third kappa shape index (κ3) is 4.80. The van der Waals surface area contributed by atoms with E-state index in [-0.39, 0.29) is 11.8 Å². The summed E-state index contributed by atoms with van der Waals surface area (Å²) in [6.07, 6.45) is 1.59. The van der Waals surface area contributed by atoms with Gasteiger partial charge < -0.3 is 23.5 Å². The highest BCUT2D eigenvalue weighted by atomic mass is 16.5. The molecular formula is C28H28N2O5. The molecule has 1 fully saturated rings. The van der Waals surface area contributed by atoms with Gasteiger partial charge in [-0.3, -0.25) is 4.79 Å². The molecule has 2 heterocycles. The number of nitrogens with zero attached hydrogens (tertiary/aromatic N) is 2. The highest BCUT2D eigenvalue weighted by Gasteiger charge is 2.29. The number of hydrogen-bond donors (Lipinski definition) is 0. The van der Waals surface area contributed by atoms with E-state index in [1.165, 1.54) is 0 Å². The second-order valence-electron chi connectivity index (χ2n) is 8.57. The number of ether oxygens (including phenoxy) is 3. The molecule has 0 unspecified atom stereocenters. The van der Waals surface area contributed by atoms with Crippen LogP contribution in [-0.2, 0) is 6.61 Å². The number of benzene rings is 3. The quantitative estimate of drug-likeness (QED) is 0.356. The fourth-order valence-corrected chi connectivity index (χ4v) is 4.45. The molecule has 0 N–H and O–H groups in total. The SMILES string of the molecule is COc1cc(C(=O)N2CCC(c3nc4ccccc4o3)CC2)cc(OC)c1OCc1ccccc1. The maximum absolute atomic E-state index is 13.3. The van der Waals surface area contributed by atoms with Gasteiger partial charge in [0.1, 0.15) is 12.1 Å². The van der Waals surface area contributed by atoms with Crippen LogP contribution in [0.2, 0.25) is 0 Å². The molecule has 1 aromatic heterocycles. The number of amides is 1. The second kappa shape index (κ2) is 10.1. The van der Waals surface area contributed by atoms with Crippen LogP contribution in [0.1, 0.15) is 40.6 Å². The van der Waals surface area contributed by atoms with Crippen molar-refractivity contribution in [2.24, 2.45) is 0 Å². The van der Waals surface area contributed by atoms with E-state index in [0.29, 0.717) is 42.5 Å². The number of aromatic nitrogens is 1. The van der Waals surface area contributed by atoms with Gasteiger partial charge in [-0.25, -0.2) is 4.98 Å². The molecule has 0 atom stereocenters. The molecule has 0 radical (unpaired) electrons. The van der Waals surface area contributed by atoms with Gasteiger partial charge in [-0.1, -0.05) is 42.5 Å². The van der Waals surface area contributed by atoms with Crippen molar-refractivity contribution in [2.45, 2.75) is 25.4 Å². The molecule has 0 spiro atoms. The summed E-state index contributed by atoms with van der Waals surface area (Å²) in [5.41, 5.74) is 3.20. The van der Waals surface area contributed by atoms with Gasteiger partial charge in [0.25, 0.3) is 5.91 Å². The molecule has 3 aromatic carbocycles. The van der Waals surface area contributed by atoms with Crippen LogP contribution in [0.25, 0.3) is 11.1 Å². The number of rotatable bonds is 7. The highest BCUT2D eigenvalue weighted by molar-refractivity contribution is 5.95. The van der Waals surface area contributed by atoms with Crippen molar-refractivity contribution in [2.75, 3.05) is 27.3 Å². The fourth-order valence-electron chi connectivity index (χ4n) is 4.45. The largest absolute Gasteiger partial charge is 0.493 e. The van der Waals surface area contributed by atoms with Crippen molar-refractivity contribution < 1.29 is 23.4 Å². The standard InChI is InChI=1S/C28H28N2O5/c1-32-24-16-21(17-25(33-2)26(24)34-18-19-8-4-3-5-9-19)28(31)30-14-12-20(13-15-30)27-29-22-10-6-7-11-23(22)35-27/h3-11,16-17,20H,12-15,18H2,1-2H3. The number of hydrogen-bond acceptors (Lipinski definition) is 6. The Labute approximate surface area is 204 Å². The topological polar surface area (TPSA) is 74.0 Å². The molecule has 1 saturated heterocycles. The fraction of sp³-hybridized carbons (Fsp3) is 0.286. The minimum atomic E-state index is -0.0628. The zero-order valence-electron chi connectivity index (χ0n) is 19.9. The first-order valence-corrected chi connectivity index (χ1v) is 11.7. The summed E-state index contributed by atoms with van der Waals surface area (Å²) in [6, 6.07) is 21.1. The van der Waals surface area contributed by atoms with Crippen LogP contribution in [0, 0.1) is 0 Å². The first-order chi connectivity index (χ1) is 17.2. The number of methoxy groups -OCH3 is 2. The lowest BCUT2D eigenvalue weighted by Gasteiger charge is -2.31. The second-order valence-corrected chi connectivity index (χ2v) is 8.57. The zero-order valence-corrected chi connectivity index (χ0v) is 19.9. The van der Waals surface area contributed by atoms with Crippen LogP contribution in [0.3, 0.4) is 0 Å². The van der Waals surface area contributed by atoms with Gasteiger partial charge in [-0.05, 0) is 42.7 Å². The van der Waals surface area contributed by atoms with Crippen LogP contribution in [-0.4, -0.2) is 43.1 Å². The molecule has 7 nitrogen and oxygen atoms in total. The molecule has 5 rings (SSSR count). The Morgan fingerprint density at radius 2 is 1.63 bits per heavy atom. The summed E-state index contributed by atoms with van der Waals surface area (Å²) in [7, 11) is 3.12. The molecule has 35 heavy (non-hydrogen) atoms. The Balaban J connectivity index is 1.29. The molecule has 180 valence electrons. The van der Waals surface area contributed by atoms with Gasteiger partial charge in [0, 0.05) is 24.6 Å². The van der Waals surface area contributed by atoms with E-state index in [1.54, 1.807) is 26.4 Å². The summed E-state index contributed by atoms with van der Waals surface area (Å²) in [4.78, 5) is 19.8. The van der Waals surface area contributed by atoms with E-state index >= 15 is 0 Å². The van der Waals surface area contributed by atoms with Crippen LogP contribution >= 0.6 is 0 Å². The molecule has 0 saturated carbocycles. The molecule has 1 aliphatic heterocycles. The van der Waals surface area contributed by atoms with Crippen LogP contribution < -0.4 is 14.2 Å². The molecule has 4 aromatic rings. The number of piperidine rings is 1. The van der Waals surface area contributed by atoms with E-state index in [4.69, 9.17) is 18.6 Å². The van der Waals surface area contributed by atoms with E-state index in [2.05, 4.69) is 4.98 Å². The van der Waals surface area contributed by atoms with Crippen molar-refractivity contribution in [3.05, 3.63) is 83.7 Å². The Hall–Kier alpha value is -4.00. The van der Waals surface area contributed by atoms with E-state index in [9.17, 15) is 4.79 Å². The average molecular weight is 473 g/mol. The summed E-state index contributed by atoms with van der Waals surface area (Å²) in [6.45, 7) is 1.61. The van der Waals surface area contributed by atoms with E-state index in [1.807, 2.05) is 59.5 Å². The molecule has 1 aliphatic rings. The zero-order chi connectivity index (χ0) is 24.2. The van der Waals surface area contributed by atoms with E-state index in [0.717, 1.165) is 35.4 Å². The van der Waals surface area contributed by atoms with Gasteiger partial charge in [0.15, 0.2) is 23.0 Å². The van der Waals surface area contributed by atoms with Gasteiger partial charge in [0.05, 0.1) is 14.2 Å². The smallest absolute Gasteiger partial charge is 0.254 e. The predicted molar refractivity (Wildman–Crippen MR) is 132 cm³/mol. The lowest BCUT2D eigenvalue weighted by molar-refractivity contribution is 0.0706. The molecule has 1 amide bonds. The molecule has 0 aliphatic carbocycles. The summed E-state index contributed by atoms with van der Waals surface area (Å²) < 4.78 is 23.1. The minimum absolute atomic E-state index is 0.0628. The molecule has 7 heteroatoms. The molecular weight excluding hydrogens is 444 g/mol. The molecule has 0 bridgehead atoms. The Morgan fingerprint density at radius 3 is 2.29 bits per heavy atom. The Bertz CT molecular complexity index is 1250. The van der Waals surface area contributed by atoms with Gasteiger partial charge in [-0.2, -0.15) is 0 Å². The lowest BCUT2D eigenvalue weighted by Crippen LogP contribution is -2.38. The van der Waals surface area contributed by atoms with Gasteiger partial charge in [0.2, 0.25) is 5.75 Å². The van der Waals surface area contributed by atoms with Crippen molar-refractivity contribution in [3.63, 3.8) is 0 Å². The normalized spacial score (nSPS) is 14.2. The predicted octanol–water partition coefficient (Wildman–Crippen LogP) is 5.44. The number of para-hydroxylation sites is 2. The van der Waals surface area contributed by atoms with Crippen molar-refractivity contribution in [3.8, 4) is 17.2 Å². The third-order valence-electron chi connectivity index (χ3n) is 6.38. The number of oxazole rings is 1. The minimum Gasteiger partial charge on any atom is -0.493 e. The number of fused-ring (bicyclic) bond motifs is 1. The monoisotopic (exact) mass is 472 g/mol. The van der Waals surface area contributed by atoms with Crippen LogP contribution in [0.15, 0.2) is 71.1 Å². The summed E-state index contributed by atoms with van der Waals surface area (Å²) in [5, 5.41) is 0.